The van der Waals surface area contributed by atoms with Crippen LogP contribution in [0.3, 0.4) is 0 Å². The van der Waals surface area contributed by atoms with Crippen molar-refractivity contribution >= 4 is 11.8 Å². The van der Waals surface area contributed by atoms with E-state index in [4.69, 9.17) is 15.2 Å². The molecule has 6 heteroatoms. The molecule has 0 aromatic heterocycles. The third-order valence-electron chi connectivity index (χ3n) is 2.63. The number of benzene rings is 1. The zero-order valence-corrected chi connectivity index (χ0v) is 11.1. The highest BCUT2D eigenvalue weighted by Gasteiger charge is 2.22. The number of carbonyl (C=O) groups is 2. The Balaban J connectivity index is 2.95. The van der Waals surface area contributed by atoms with E-state index in [-0.39, 0.29) is 12.2 Å². The molecule has 0 saturated heterocycles. The zero-order chi connectivity index (χ0) is 14.4. The summed E-state index contributed by atoms with van der Waals surface area (Å²) >= 11 is 0. The van der Waals surface area contributed by atoms with Crippen LogP contribution in [0.5, 0.6) is 11.5 Å². The third-order valence-corrected chi connectivity index (χ3v) is 2.63. The third kappa shape index (κ3) is 3.69. The van der Waals surface area contributed by atoms with Crippen LogP contribution in [0.2, 0.25) is 0 Å². The minimum atomic E-state index is -0.963. The maximum absolute atomic E-state index is 12.1. The van der Waals surface area contributed by atoms with E-state index in [1.807, 2.05) is 0 Å². The average Bonchev–Trinajstić information content (AvgIpc) is 2.45. The number of ketones is 1. The van der Waals surface area contributed by atoms with Gasteiger partial charge in [0.2, 0.25) is 0 Å². The van der Waals surface area contributed by atoms with E-state index >= 15 is 0 Å². The van der Waals surface area contributed by atoms with Gasteiger partial charge in [-0.3, -0.25) is 9.59 Å². The standard InChI is InChI=1S/C13H17NO5/c1-17-8-4-5-9(11(6-8)18-2)13(16)10(14)7-12(15)19-3/h4-6,10H,7,14H2,1-3H3. The Labute approximate surface area is 111 Å². The normalized spacial score (nSPS) is 11.6. The van der Waals surface area contributed by atoms with E-state index in [0.717, 1.165) is 0 Å². The zero-order valence-electron chi connectivity index (χ0n) is 11.1. The summed E-state index contributed by atoms with van der Waals surface area (Å²) in [6, 6.07) is 3.80. The van der Waals surface area contributed by atoms with Crippen LogP contribution >= 0.6 is 0 Å². The highest BCUT2D eigenvalue weighted by atomic mass is 16.5. The summed E-state index contributed by atoms with van der Waals surface area (Å²) in [5, 5.41) is 0. The fourth-order valence-corrected chi connectivity index (χ4v) is 1.56. The Bertz CT molecular complexity index is 472. The van der Waals surface area contributed by atoms with Crippen molar-refractivity contribution in [2.45, 2.75) is 12.5 Å². The molecule has 0 fully saturated rings. The van der Waals surface area contributed by atoms with Crippen LogP contribution in [-0.2, 0) is 9.53 Å². The number of rotatable bonds is 6. The number of ether oxygens (including phenoxy) is 3. The molecule has 0 amide bonds. The van der Waals surface area contributed by atoms with Crippen LogP contribution in [0.1, 0.15) is 16.8 Å². The maximum atomic E-state index is 12.1. The molecule has 0 aliphatic rings. The molecule has 0 saturated carbocycles. The molecule has 0 radical (unpaired) electrons. The van der Waals surface area contributed by atoms with Gasteiger partial charge in [0, 0.05) is 6.07 Å². The quantitative estimate of drug-likeness (QED) is 0.605. The first-order valence-corrected chi connectivity index (χ1v) is 5.62. The fraction of sp³-hybridized carbons (Fsp3) is 0.385. The van der Waals surface area contributed by atoms with Crippen molar-refractivity contribution in [1.82, 2.24) is 0 Å². The molecule has 0 aliphatic heterocycles. The molecular weight excluding hydrogens is 250 g/mol. The maximum Gasteiger partial charge on any atom is 0.307 e. The average molecular weight is 267 g/mol. The molecule has 1 unspecified atom stereocenters. The van der Waals surface area contributed by atoms with Crippen LogP contribution in [-0.4, -0.2) is 39.1 Å². The highest BCUT2D eigenvalue weighted by Crippen LogP contribution is 2.25. The van der Waals surface area contributed by atoms with Crippen molar-refractivity contribution in [3.63, 3.8) is 0 Å². The smallest absolute Gasteiger partial charge is 0.307 e. The van der Waals surface area contributed by atoms with Gasteiger partial charge in [-0.25, -0.2) is 0 Å². The molecule has 1 aromatic rings. The van der Waals surface area contributed by atoms with E-state index < -0.39 is 12.0 Å². The predicted octanol–water partition coefficient (Wildman–Crippen LogP) is 0.777. The molecule has 1 rings (SSSR count). The molecule has 1 atom stereocenters. The largest absolute Gasteiger partial charge is 0.497 e. The summed E-state index contributed by atoms with van der Waals surface area (Å²) in [7, 11) is 4.20. The summed E-state index contributed by atoms with van der Waals surface area (Å²) in [5.41, 5.74) is 5.99. The first kappa shape index (κ1) is 15.0. The SMILES string of the molecule is COC(=O)CC(N)C(=O)c1ccc(OC)cc1OC. The Morgan fingerprint density at radius 1 is 1.21 bits per heavy atom. The molecule has 0 bridgehead atoms. The molecule has 1 aromatic carbocycles. The van der Waals surface area contributed by atoms with Crippen LogP contribution in [0.4, 0.5) is 0 Å². The molecule has 2 N–H and O–H groups in total. The second-order valence-corrected chi connectivity index (χ2v) is 3.82. The Hall–Kier alpha value is -2.08. The molecule has 0 spiro atoms. The van der Waals surface area contributed by atoms with Gasteiger partial charge in [-0.2, -0.15) is 0 Å². The van der Waals surface area contributed by atoms with E-state index in [1.54, 1.807) is 18.2 Å². The number of esters is 1. The van der Waals surface area contributed by atoms with Gasteiger partial charge < -0.3 is 19.9 Å². The second-order valence-electron chi connectivity index (χ2n) is 3.82. The summed E-state index contributed by atoms with van der Waals surface area (Å²) in [6.07, 6.45) is -0.176. The molecule has 0 heterocycles. The summed E-state index contributed by atoms with van der Waals surface area (Å²) in [6.45, 7) is 0. The van der Waals surface area contributed by atoms with Crippen molar-refractivity contribution in [3.05, 3.63) is 23.8 Å². The Morgan fingerprint density at radius 3 is 2.42 bits per heavy atom. The number of hydrogen-bond donors (Lipinski definition) is 1. The number of hydrogen-bond acceptors (Lipinski definition) is 6. The minimum Gasteiger partial charge on any atom is -0.497 e. The lowest BCUT2D eigenvalue weighted by atomic mass is 10.0. The molecule has 6 nitrogen and oxygen atoms in total. The van der Waals surface area contributed by atoms with Gasteiger partial charge in [0.1, 0.15) is 11.5 Å². The summed E-state index contributed by atoms with van der Waals surface area (Å²) in [4.78, 5) is 23.2. The van der Waals surface area contributed by atoms with Crippen molar-refractivity contribution in [2.24, 2.45) is 5.73 Å². The van der Waals surface area contributed by atoms with E-state index in [2.05, 4.69) is 4.74 Å². The first-order chi connectivity index (χ1) is 9.03. The second kappa shape index (κ2) is 6.75. The van der Waals surface area contributed by atoms with Gasteiger partial charge in [-0.1, -0.05) is 0 Å². The number of carbonyl (C=O) groups excluding carboxylic acids is 2. The molecular formula is C13H17NO5. The van der Waals surface area contributed by atoms with Gasteiger partial charge >= 0.3 is 5.97 Å². The molecule has 104 valence electrons. The number of Topliss-reactive ketones (excluding diaryl/α,β-unsaturated/α-hetero) is 1. The number of nitrogens with two attached hydrogens (primary N) is 1. The van der Waals surface area contributed by atoms with Gasteiger partial charge in [0.05, 0.1) is 39.4 Å². The Morgan fingerprint density at radius 2 is 1.89 bits per heavy atom. The van der Waals surface area contributed by atoms with Crippen molar-refractivity contribution in [2.75, 3.05) is 21.3 Å². The first-order valence-electron chi connectivity index (χ1n) is 5.62. The molecule has 19 heavy (non-hydrogen) atoms. The van der Waals surface area contributed by atoms with Crippen LogP contribution in [0.25, 0.3) is 0 Å². The number of methoxy groups -OCH3 is 3. The highest BCUT2D eigenvalue weighted by molar-refractivity contribution is 6.03. The lowest BCUT2D eigenvalue weighted by Crippen LogP contribution is -2.33. The van der Waals surface area contributed by atoms with E-state index in [9.17, 15) is 9.59 Å². The van der Waals surface area contributed by atoms with Gasteiger partial charge in [-0.15, -0.1) is 0 Å². The van der Waals surface area contributed by atoms with Gasteiger partial charge in [0.25, 0.3) is 0 Å². The van der Waals surface area contributed by atoms with Crippen molar-refractivity contribution in [1.29, 1.82) is 0 Å². The summed E-state index contributed by atoms with van der Waals surface area (Å²) in [5.74, 6) is -0.00200. The predicted molar refractivity (Wildman–Crippen MR) is 68.5 cm³/mol. The van der Waals surface area contributed by atoms with E-state index in [1.165, 1.54) is 21.3 Å². The topological polar surface area (TPSA) is 87.9 Å². The van der Waals surface area contributed by atoms with Gasteiger partial charge in [0.15, 0.2) is 5.78 Å². The van der Waals surface area contributed by atoms with Gasteiger partial charge in [-0.05, 0) is 12.1 Å². The van der Waals surface area contributed by atoms with Crippen molar-refractivity contribution in [3.8, 4) is 11.5 Å². The van der Waals surface area contributed by atoms with Crippen LogP contribution < -0.4 is 15.2 Å². The minimum absolute atomic E-state index is 0.176. The summed E-state index contributed by atoms with van der Waals surface area (Å²) < 4.78 is 14.6. The molecule has 0 aliphatic carbocycles. The van der Waals surface area contributed by atoms with Crippen molar-refractivity contribution < 1.29 is 23.8 Å². The monoisotopic (exact) mass is 267 g/mol. The lowest BCUT2D eigenvalue weighted by Gasteiger charge is -2.13. The van der Waals surface area contributed by atoms with E-state index in [0.29, 0.717) is 17.1 Å². The van der Waals surface area contributed by atoms with Crippen LogP contribution in [0, 0.1) is 0 Å². The van der Waals surface area contributed by atoms with Crippen LogP contribution in [0.15, 0.2) is 18.2 Å². The fourth-order valence-electron chi connectivity index (χ4n) is 1.56. The lowest BCUT2D eigenvalue weighted by molar-refractivity contribution is -0.140. The Kier molecular flexibility index (Phi) is 5.32.